The van der Waals surface area contributed by atoms with Crippen LogP contribution in [0.2, 0.25) is 0 Å². The van der Waals surface area contributed by atoms with Gasteiger partial charge < -0.3 is 10.8 Å². The van der Waals surface area contributed by atoms with Crippen LogP contribution in [-0.2, 0) is 4.79 Å². The van der Waals surface area contributed by atoms with Crippen LogP contribution in [-0.4, -0.2) is 22.0 Å². The van der Waals surface area contributed by atoms with Gasteiger partial charge in [0, 0.05) is 0 Å². The summed E-state index contributed by atoms with van der Waals surface area (Å²) >= 11 is 5.61. The van der Waals surface area contributed by atoms with Gasteiger partial charge in [-0.15, -0.1) is 0 Å². The van der Waals surface area contributed by atoms with E-state index in [4.69, 9.17) is 28.2 Å². The summed E-state index contributed by atoms with van der Waals surface area (Å²) in [5, 5.41) is 6.97. The molecule has 0 radical (unpaired) electrons. The van der Waals surface area contributed by atoms with Gasteiger partial charge >= 0.3 is 5.97 Å². The molecule has 2 atom stereocenters. The van der Waals surface area contributed by atoms with Crippen LogP contribution in [0.3, 0.4) is 0 Å². The van der Waals surface area contributed by atoms with Crippen molar-refractivity contribution in [1.29, 1.82) is 0 Å². The van der Waals surface area contributed by atoms with Crippen molar-refractivity contribution in [3.05, 3.63) is 12.2 Å². The van der Waals surface area contributed by atoms with Crippen LogP contribution in [0, 0.1) is 5.92 Å². The maximum Gasteiger partial charge on any atom is 0.315 e. The van der Waals surface area contributed by atoms with Gasteiger partial charge in [0.1, 0.15) is 11.8 Å². The molecule has 12 heavy (non-hydrogen) atoms. The van der Waals surface area contributed by atoms with E-state index in [1.807, 2.05) is 0 Å². The van der Waals surface area contributed by atoms with Gasteiger partial charge in [-0.1, -0.05) is 17.7 Å². The van der Waals surface area contributed by atoms with E-state index >= 15 is 0 Å². The van der Waals surface area contributed by atoms with Gasteiger partial charge in [-0.2, -0.15) is 0 Å². The maximum atomic E-state index is 10.6. The lowest BCUT2D eigenvalue weighted by atomic mass is 10.0. The van der Waals surface area contributed by atoms with E-state index in [0.29, 0.717) is 0 Å². The van der Waals surface area contributed by atoms with E-state index in [0.717, 1.165) is 0 Å². The number of alkyl halides is 1. The predicted molar refractivity (Wildman–Crippen MR) is 44.7 cm³/mol. The zero-order chi connectivity index (χ0) is 9.35. The Morgan fingerprint density at radius 1 is 1.83 bits per heavy atom. The minimum Gasteiger partial charge on any atom is -0.481 e. The molecule has 1 heterocycles. The topological polar surface area (TPSA) is 102 Å². The van der Waals surface area contributed by atoms with Gasteiger partial charge in [0.25, 0.3) is 0 Å². The Labute approximate surface area is 73.7 Å². The molecule has 0 spiro atoms. The molecule has 6 heteroatoms. The number of carboxylic acids is 1. The molecule has 66 valence electrons. The van der Waals surface area contributed by atoms with Crippen LogP contribution in [0.5, 0.6) is 0 Å². The van der Waals surface area contributed by atoms with Crippen molar-refractivity contribution >= 4 is 23.4 Å². The van der Waals surface area contributed by atoms with E-state index in [2.05, 4.69) is 4.99 Å². The van der Waals surface area contributed by atoms with Crippen molar-refractivity contribution in [3.63, 3.8) is 0 Å². The molecule has 0 bridgehead atoms. The first-order valence-corrected chi connectivity index (χ1v) is 3.55. The Kier molecular flexibility index (Phi) is 2.08. The second kappa shape index (κ2) is 2.76. The van der Waals surface area contributed by atoms with Crippen LogP contribution < -0.4 is 11.5 Å². The molecule has 0 saturated carbocycles. The summed E-state index contributed by atoms with van der Waals surface area (Å²) in [7, 11) is 0. The first kappa shape index (κ1) is 9.02. The lowest BCUT2D eigenvalue weighted by molar-refractivity contribution is -0.141. The second-order valence-electron chi connectivity index (χ2n) is 2.44. The van der Waals surface area contributed by atoms with Gasteiger partial charge in [0.05, 0.1) is 0 Å². The molecule has 0 aliphatic carbocycles. The highest BCUT2D eigenvalue weighted by molar-refractivity contribution is 6.26. The normalized spacial score (nSPS) is 34.5. The molecule has 0 saturated heterocycles. The quantitative estimate of drug-likeness (QED) is 0.381. The largest absolute Gasteiger partial charge is 0.481 e. The molecule has 0 amide bonds. The molecule has 0 aromatic carbocycles. The highest BCUT2D eigenvalue weighted by Gasteiger charge is 2.38. The average Bonchev–Trinajstić information content (AvgIpc) is 1.82. The number of rotatable bonds is 1. The number of aliphatic carboxylic acids is 1. The van der Waals surface area contributed by atoms with E-state index in [1.54, 1.807) is 0 Å². The van der Waals surface area contributed by atoms with Crippen molar-refractivity contribution in [2.45, 2.75) is 5.12 Å². The molecule has 1 rings (SSSR count). The molecule has 2 unspecified atom stereocenters. The lowest BCUT2D eigenvalue weighted by Crippen LogP contribution is -2.46. The molecule has 0 aromatic heterocycles. The molecule has 0 aromatic rings. The highest BCUT2D eigenvalue weighted by atomic mass is 35.5. The third kappa shape index (κ3) is 1.57. The van der Waals surface area contributed by atoms with Gasteiger partial charge in [0.15, 0.2) is 0 Å². The Balaban J connectivity index is 2.96. The van der Waals surface area contributed by atoms with Crippen molar-refractivity contribution < 1.29 is 9.90 Å². The van der Waals surface area contributed by atoms with E-state index in [1.165, 1.54) is 12.2 Å². The number of hydrogen-bond donors (Lipinski definition) is 3. The average molecular weight is 190 g/mol. The number of aliphatic imine (C=N–C) groups is 1. The first-order valence-electron chi connectivity index (χ1n) is 3.17. The third-order valence-electron chi connectivity index (χ3n) is 1.46. The number of carbonyl (C=O) groups is 1. The fourth-order valence-corrected chi connectivity index (χ4v) is 1.15. The first-order chi connectivity index (χ1) is 5.43. The van der Waals surface area contributed by atoms with Crippen molar-refractivity contribution in [2.75, 3.05) is 0 Å². The summed E-state index contributed by atoms with van der Waals surface area (Å²) in [6, 6.07) is 0. The van der Waals surface area contributed by atoms with Gasteiger partial charge in [-0.3, -0.25) is 10.5 Å². The van der Waals surface area contributed by atoms with Crippen molar-refractivity contribution in [1.82, 2.24) is 0 Å². The van der Waals surface area contributed by atoms with Crippen LogP contribution >= 0.6 is 11.6 Å². The molecule has 0 fully saturated rings. The number of amidine groups is 1. The summed E-state index contributed by atoms with van der Waals surface area (Å²) in [4.78, 5) is 14.1. The summed E-state index contributed by atoms with van der Waals surface area (Å²) in [5.74, 6) is -2.03. The number of dihydropyridines is 1. The Hall–Kier alpha value is -1.07. The fourth-order valence-electron chi connectivity index (χ4n) is 0.890. The Bertz CT molecular complexity index is 272. The van der Waals surface area contributed by atoms with Crippen molar-refractivity contribution in [2.24, 2.45) is 22.4 Å². The number of nitrogens with two attached hydrogens (primary N) is 2. The standard InChI is InChI=1S/C6H8ClN3O2/c7-6(9)3(5(11)12)1-2-4(8)10-6/h1-3H,9H2,(H2,8,10)(H,11,12). The monoisotopic (exact) mass is 189 g/mol. The van der Waals surface area contributed by atoms with Gasteiger partial charge in [-0.25, -0.2) is 4.99 Å². The molecule has 1 aliphatic heterocycles. The molecule has 5 N–H and O–H groups in total. The maximum absolute atomic E-state index is 10.6. The molecule has 5 nitrogen and oxygen atoms in total. The number of carboxylic acid groups (broad SMARTS) is 1. The summed E-state index contributed by atoms with van der Waals surface area (Å²) in [5.41, 5.74) is 10.7. The van der Waals surface area contributed by atoms with Crippen LogP contribution in [0.25, 0.3) is 0 Å². The zero-order valence-corrected chi connectivity index (χ0v) is 6.82. The fraction of sp³-hybridized carbons (Fsp3) is 0.333. The molecule has 1 aliphatic rings. The minimum atomic E-state index is -1.66. The van der Waals surface area contributed by atoms with E-state index < -0.39 is 17.0 Å². The minimum absolute atomic E-state index is 0.130. The summed E-state index contributed by atoms with van der Waals surface area (Å²) in [6.45, 7) is 0. The summed E-state index contributed by atoms with van der Waals surface area (Å²) in [6.07, 6.45) is 2.68. The smallest absolute Gasteiger partial charge is 0.315 e. The van der Waals surface area contributed by atoms with Crippen molar-refractivity contribution in [3.8, 4) is 0 Å². The van der Waals surface area contributed by atoms with E-state index in [9.17, 15) is 4.79 Å². The molecular formula is C6H8ClN3O2. The summed E-state index contributed by atoms with van der Waals surface area (Å²) < 4.78 is 0. The zero-order valence-electron chi connectivity index (χ0n) is 6.07. The second-order valence-corrected chi connectivity index (χ2v) is 3.04. The van der Waals surface area contributed by atoms with Gasteiger partial charge in [-0.05, 0) is 6.08 Å². The Morgan fingerprint density at radius 2 is 2.42 bits per heavy atom. The van der Waals surface area contributed by atoms with Crippen LogP contribution in [0.4, 0.5) is 0 Å². The van der Waals surface area contributed by atoms with Gasteiger partial charge in [0.2, 0.25) is 5.12 Å². The third-order valence-corrected chi connectivity index (χ3v) is 1.78. The molecular weight excluding hydrogens is 182 g/mol. The highest BCUT2D eigenvalue weighted by Crippen LogP contribution is 2.25. The van der Waals surface area contributed by atoms with Crippen LogP contribution in [0.1, 0.15) is 0 Å². The Morgan fingerprint density at radius 3 is 2.83 bits per heavy atom. The lowest BCUT2D eigenvalue weighted by Gasteiger charge is -2.25. The number of nitrogens with zero attached hydrogens (tertiary/aromatic N) is 1. The predicted octanol–water partition coefficient (Wildman–Crippen LogP) is -0.534. The van der Waals surface area contributed by atoms with Crippen LogP contribution in [0.15, 0.2) is 17.1 Å². The number of hydrogen-bond acceptors (Lipinski definition) is 4. The number of halogens is 1. The SMILES string of the molecule is NC1=NC(N)(Cl)C(C(=O)O)C=C1. The van der Waals surface area contributed by atoms with E-state index in [-0.39, 0.29) is 5.84 Å².